The van der Waals surface area contributed by atoms with Gasteiger partial charge in [0, 0.05) is 57.7 Å². The van der Waals surface area contributed by atoms with E-state index in [0.717, 1.165) is 5.57 Å². The fourth-order valence-corrected chi connectivity index (χ4v) is 10.5. The lowest BCUT2D eigenvalue weighted by molar-refractivity contribution is -0.302. The molecule has 3 heterocycles. The molecule has 3 aliphatic heterocycles. The number of allylic oxidation sites excluding steroid dienone is 3. The van der Waals surface area contributed by atoms with Gasteiger partial charge in [-0.05, 0) is 120 Å². The molecule has 2 amide bonds. The summed E-state index contributed by atoms with van der Waals surface area (Å²) in [6.07, 6.45) is 3.31. The highest BCUT2D eigenvalue weighted by Gasteiger charge is 2.56. The summed E-state index contributed by atoms with van der Waals surface area (Å²) in [6, 6.07) is 4.25. The summed E-state index contributed by atoms with van der Waals surface area (Å²) >= 11 is 0. The van der Waals surface area contributed by atoms with Gasteiger partial charge in [-0.15, -0.1) is 0 Å². The number of esters is 1. The largest absolute Gasteiger partial charge is 0.456 e. The minimum atomic E-state index is -2.53. The number of carbonyl (C=O) groups excluding carboxylic acids is 5. The zero-order chi connectivity index (χ0) is 49.2. The summed E-state index contributed by atoms with van der Waals surface area (Å²) < 4.78 is 49.6. The van der Waals surface area contributed by atoms with Crippen molar-refractivity contribution in [2.45, 2.75) is 167 Å². The van der Waals surface area contributed by atoms with Gasteiger partial charge in [0.2, 0.25) is 11.7 Å². The van der Waals surface area contributed by atoms with Crippen molar-refractivity contribution in [2.24, 2.45) is 29.6 Å². The molecule has 1 aromatic carbocycles. The summed E-state index contributed by atoms with van der Waals surface area (Å²) in [7, 11) is 4.61. The lowest BCUT2D eigenvalue weighted by Crippen LogP contribution is -2.64. The van der Waals surface area contributed by atoms with Crippen molar-refractivity contribution in [3.05, 3.63) is 53.4 Å². The minimum Gasteiger partial charge on any atom is -0.456 e. The van der Waals surface area contributed by atoms with Crippen LogP contribution in [0.25, 0.3) is 0 Å². The van der Waals surface area contributed by atoms with Crippen LogP contribution in [0, 0.1) is 35.4 Å². The molecule has 1 aromatic rings. The lowest BCUT2D eigenvalue weighted by Gasteiger charge is -2.47. The van der Waals surface area contributed by atoms with Gasteiger partial charge in [-0.25, -0.2) is 9.18 Å². The van der Waals surface area contributed by atoms with E-state index in [1.165, 1.54) is 43.4 Å². The quantitative estimate of drug-likeness (QED) is 0.135. The lowest BCUT2D eigenvalue weighted by atomic mass is 9.81. The number of Topliss-reactive ketones (excluding diaryl/α,β-unsaturated/α-hetero) is 2. The van der Waals surface area contributed by atoms with Crippen molar-refractivity contribution in [1.82, 2.24) is 4.90 Å². The van der Waals surface area contributed by atoms with Crippen molar-refractivity contribution < 1.29 is 67.0 Å². The Bertz CT molecular complexity index is 1930. The monoisotopic (exact) mass is 943 g/mol. The molecule has 16 heteroatoms. The van der Waals surface area contributed by atoms with Crippen molar-refractivity contribution in [1.29, 1.82) is 0 Å². The van der Waals surface area contributed by atoms with E-state index in [1.807, 2.05) is 32.9 Å². The third kappa shape index (κ3) is 13.7. The topological polar surface area (TPSA) is 196 Å². The number of anilines is 1. The molecule has 1 aliphatic carbocycles. The SMILES string of the molecule is CC[C@@H]1/C=C(\C)C[C@H](C)C[C@H](OC)[C@H]2O[C@@](O)(C(=O)C(=O)N3CCCC[C@H]3C(=O)O[C@H](/C(C)=C/[C@@H]3CC[C@@H](OCC(=O)Nc4ccc(F)cc4)[C@H](OC)C3)[C@H](C)[C@@H](O)CC1=O)[C@H](C)C[C@@H]2OC. The number of aliphatic hydroxyl groups is 2. The maximum absolute atomic E-state index is 14.5. The average molecular weight is 943 g/mol. The first-order valence-corrected chi connectivity index (χ1v) is 24.1. The molecule has 15 nitrogen and oxygen atoms in total. The Labute approximate surface area is 395 Å². The van der Waals surface area contributed by atoms with Crippen LogP contribution in [0.4, 0.5) is 10.1 Å². The number of cyclic esters (lactones) is 1. The minimum absolute atomic E-state index is 0.00878. The maximum Gasteiger partial charge on any atom is 0.329 e. The Morgan fingerprint density at radius 2 is 1.60 bits per heavy atom. The molecular formula is C51H75FN2O13. The van der Waals surface area contributed by atoms with Gasteiger partial charge >= 0.3 is 5.97 Å². The number of nitrogens with one attached hydrogen (secondary N) is 1. The second kappa shape index (κ2) is 24.6. The fourth-order valence-electron chi connectivity index (χ4n) is 10.5. The van der Waals surface area contributed by atoms with Crippen LogP contribution in [-0.2, 0) is 52.4 Å². The Kier molecular flexibility index (Phi) is 19.8. The number of halogens is 1. The number of carbonyl (C=O) groups is 5. The second-order valence-electron chi connectivity index (χ2n) is 19.5. The third-order valence-electron chi connectivity index (χ3n) is 14.4. The molecule has 2 saturated heterocycles. The Morgan fingerprint density at radius 3 is 2.25 bits per heavy atom. The summed E-state index contributed by atoms with van der Waals surface area (Å²) in [5.41, 5.74) is 2.04. The molecule has 374 valence electrons. The number of hydrogen-bond acceptors (Lipinski definition) is 13. The van der Waals surface area contributed by atoms with Crippen molar-refractivity contribution in [3.63, 3.8) is 0 Å². The van der Waals surface area contributed by atoms with E-state index in [1.54, 1.807) is 27.9 Å². The Balaban J connectivity index is 1.43. The molecule has 4 aliphatic rings. The highest BCUT2D eigenvalue weighted by Crippen LogP contribution is 2.39. The highest BCUT2D eigenvalue weighted by atomic mass is 19.1. The zero-order valence-electron chi connectivity index (χ0n) is 40.9. The van der Waals surface area contributed by atoms with Gasteiger partial charge in [-0.3, -0.25) is 19.2 Å². The van der Waals surface area contributed by atoms with E-state index in [0.29, 0.717) is 62.6 Å². The van der Waals surface area contributed by atoms with Gasteiger partial charge in [-0.2, -0.15) is 0 Å². The van der Waals surface area contributed by atoms with Crippen LogP contribution >= 0.6 is 0 Å². The molecular weight excluding hydrogens is 868 g/mol. The van der Waals surface area contributed by atoms with Crippen LogP contribution < -0.4 is 5.32 Å². The second-order valence-corrected chi connectivity index (χ2v) is 19.5. The van der Waals surface area contributed by atoms with E-state index >= 15 is 0 Å². The summed E-state index contributed by atoms with van der Waals surface area (Å²) in [4.78, 5) is 71.0. The normalized spacial score (nSPS) is 36.5. The number of hydrogen-bond donors (Lipinski definition) is 3. The van der Waals surface area contributed by atoms with Crippen LogP contribution in [0.1, 0.15) is 112 Å². The number of ketones is 2. The number of amides is 2. The number of rotatable bonds is 10. The molecule has 0 unspecified atom stereocenters. The van der Waals surface area contributed by atoms with E-state index < -0.39 is 95.6 Å². The standard InChI is InChI=1S/C51H75FN2O13/c1-10-35-22-29(2)21-30(3)23-43(63-8)47-44(64-9)25-32(5)51(61,67-47)48(58)49(59)54-20-12-11-13-38(54)50(60)66-46(33(6)39(55)27-40(35)56)31(4)24-34-14-19-41(42(26-34)62-7)65-28-45(57)53-37-17-15-36(52)16-18-37/h15-18,22,24,30,32-35,38-39,41-44,46-47,55,61H,10-14,19-21,23,25-28H2,1-9H3,(H,53,57)/b29-22+,31-24+/t30-,32+,33+,34-,35+,38-,39-,41+,42+,43-,44-,46+,47+,51+/m0/s1. The van der Waals surface area contributed by atoms with E-state index in [4.69, 9.17) is 28.4 Å². The van der Waals surface area contributed by atoms with E-state index in [2.05, 4.69) is 5.32 Å². The van der Waals surface area contributed by atoms with E-state index in [-0.39, 0.29) is 56.1 Å². The highest BCUT2D eigenvalue weighted by molar-refractivity contribution is 6.39. The number of fused-ring (bicyclic) bond motifs is 3. The molecule has 0 spiro atoms. The van der Waals surface area contributed by atoms with Crippen LogP contribution in [0.15, 0.2) is 47.6 Å². The van der Waals surface area contributed by atoms with Crippen molar-refractivity contribution >= 4 is 35.0 Å². The number of piperidine rings is 1. The number of aliphatic hydroxyl groups excluding tert-OH is 1. The first-order chi connectivity index (χ1) is 31.8. The van der Waals surface area contributed by atoms with E-state index in [9.17, 15) is 38.6 Å². The van der Waals surface area contributed by atoms with Crippen molar-refractivity contribution in [2.75, 3.05) is 39.8 Å². The Hall–Kier alpha value is -3.90. The van der Waals surface area contributed by atoms with Crippen LogP contribution in [0.2, 0.25) is 0 Å². The molecule has 3 N–H and O–H groups in total. The molecule has 1 saturated carbocycles. The number of methoxy groups -OCH3 is 3. The predicted octanol–water partition coefficient (Wildman–Crippen LogP) is 6.28. The van der Waals surface area contributed by atoms with Gasteiger partial charge < -0.3 is 48.9 Å². The van der Waals surface area contributed by atoms with Crippen LogP contribution in [-0.4, -0.2) is 134 Å². The first-order valence-electron chi connectivity index (χ1n) is 24.1. The summed E-state index contributed by atoms with van der Waals surface area (Å²) in [5.74, 6) is -8.70. The van der Waals surface area contributed by atoms with Gasteiger partial charge in [0.1, 0.15) is 36.5 Å². The smallest absolute Gasteiger partial charge is 0.329 e. The fraction of sp³-hybridized carbons (Fsp3) is 0.706. The molecule has 0 aromatic heterocycles. The van der Waals surface area contributed by atoms with Crippen LogP contribution in [0.5, 0.6) is 0 Å². The number of nitrogens with zero attached hydrogens (tertiary/aromatic N) is 1. The Morgan fingerprint density at radius 1 is 0.925 bits per heavy atom. The summed E-state index contributed by atoms with van der Waals surface area (Å²) in [6.45, 7) is 10.9. The average Bonchev–Trinajstić information content (AvgIpc) is 3.31. The summed E-state index contributed by atoms with van der Waals surface area (Å²) in [5, 5.41) is 26.6. The first kappa shape index (κ1) is 54.0. The van der Waals surface area contributed by atoms with Crippen molar-refractivity contribution in [3.8, 4) is 0 Å². The molecule has 14 atom stereocenters. The number of benzene rings is 1. The molecule has 5 rings (SSSR count). The maximum atomic E-state index is 14.5. The van der Waals surface area contributed by atoms with Gasteiger partial charge in [0.25, 0.3) is 11.7 Å². The molecule has 2 bridgehead atoms. The van der Waals surface area contributed by atoms with Gasteiger partial charge in [-0.1, -0.05) is 45.4 Å². The molecule has 0 radical (unpaired) electrons. The third-order valence-corrected chi connectivity index (χ3v) is 14.4. The van der Waals surface area contributed by atoms with Crippen LogP contribution in [0.3, 0.4) is 0 Å². The van der Waals surface area contributed by atoms with Gasteiger partial charge in [0.15, 0.2) is 0 Å². The van der Waals surface area contributed by atoms with Gasteiger partial charge in [0.05, 0.1) is 30.5 Å². The molecule has 67 heavy (non-hydrogen) atoms. The zero-order valence-corrected chi connectivity index (χ0v) is 40.9. The number of ether oxygens (including phenoxy) is 6. The molecule has 3 fully saturated rings. The predicted molar refractivity (Wildman–Crippen MR) is 247 cm³/mol.